The molecule has 31 heavy (non-hydrogen) atoms. The smallest absolute Gasteiger partial charge is 0.321 e. The summed E-state index contributed by atoms with van der Waals surface area (Å²) < 4.78 is 16.9. The number of carbonyl (C=O) groups is 2. The van der Waals surface area contributed by atoms with E-state index in [-0.39, 0.29) is 18.0 Å². The molecule has 0 spiro atoms. The van der Waals surface area contributed by atoms with Gasteiger partial charge in [-0.3, -0.25) is 4.79 Å². The molecule has 3 heterocycles. The van der Waals surface area contributed by atoms with E-state index < -0.39 is 0 Å². The van der Waals surface area contributed by atoms with Gasteiger partial charge in [0.25, 0.3) is 5.91 Å². The van der Waals surface area contributed by atoms with Crippen molar-refractivity contribution in [1.29, 1.82) is 0 Å². The van der Waals surface area contributed by atoms with Crippen LogP contribution < -0.4 is 10.1 Å². The van der Waals surface area contributed by atoms with Crippen LogP contribution in [0, 0.1) is 13.8 Å². The Labute approximate surface area is 182 Å². The predicted molar refractivity (Wildman–Crippen MR) is 116 cm³/mol. The zero-order valence-electron chi connectivity index (χ0n) is 18.1. The van der Waals surface area contributed by atoms with Gasteiger partial charge in [-0.25, -0.2) is 4.79 Å². The molecule has 1 atom stereocenters. The van der Waals surface area contributed by atoms with Gasteiger partial charge in [-0.05, 0) is 44.9 Å². The Hall–Kier alpha value is -3.00. The third-order valence-electron chi connectivity index (χ3n) is 5.67. The first-order chi connectivity index (χ1) is 15.0. The van der Waals surface area contributed by atoms with Crippen LogP contribution in [0.15, 0.2) is 34.7 Å². The van der Waals surface area contributed by atoms with E-state index in [2.05, 4.69) is 5.32 Å². The summed E-state index contributed by atoms with van der Waals surface area (Å²) in [6.07, 6.45) is 2.24. The Balaban J connectivity index is 1.27. The van der Waals surface area contributed by atoms with Crippen LogP contribution in [-0.4, -0.2) is 67.2 Å². The van der Waals surface area contributed by atoms with Crippen LogP contribution in [0.2, 0.25) is 0 Å². The second-order valence-electron chi connectivity index (χ2n) is 8.01. The third kappa shape index (κ3) is 5.19. The first-order valence-electron chi connectivity index (χ1n) is 10.8. The molecule has 2 fully saturated rings. The molecule has 8 nitrogen and oxygen atoms in total. The lowest BCUT2D eigenvalue weighted by atomic mass is 10.2. The second-order valence-corrected chi connectivity index (χ2v) is 8.01. The Morgan fingerprint density at radius 1 is 1.13 bits per heavy atom. The molecule has 166 valence electrons. The Morgan fingerprint density at radius 2 is 1.90 bits per heavy atom. The van der Waals surface area contributed by atoms with Gasteiger partial charge in [0.05, 0.1) is 11.7 Å². The van der Waals surface area contributed by atoms with Crippen LogP contribution in [0.4, 0.5) is 10.5 Å². The number of hydrogen-bond donors (Lipinski definition) is 1. The van der Waals surface area contributed by atoms with E-state index in [1.54, 1.807) is 22.8 Å². The number of rotatable bonds is 5. The van der Waals surface area contributed by atoms with Crippen molar-refractivity contribution in [3.05, 3.63) is 47.4 Å². The van der Waals surface area contributed by atoms with Crippen molar-refractivity contribution in [2.45, 2.75) is 32.8 Å². The maximum Gasteiger partial charge on any atom is 0.321 e. The van der Waals surface area contributed by atoms with Gasteiger partial charge in [-0.1, -0.05) is 6.07 Å². The highest BCUT2D eigenvalue weighted by Gasteiger charge is 2.27. The van der Waals surface area contributed by atoms with Crippen LogP contribution in [-0.2, 0) is 4.74 Å². The number of hydrogen-bond acceptors (Lipinski definition) is 5. The van der Waals surface area contributed by atoms with Gasteiger partial charge in [0.15, 0.2) is 0 Å². The lowest BCUT2D eigenvalue weighted by Crippen LogP contribution is -2.51. The molecule has 2 aromatic rings. The van der Waals surface area contributed by atoms with Crippen molar-refractivity contribution in [2.75, 3.05) is 44.7 Å². The molecular formula is C23H29N3O5. The number of anilines is 1. The molecule has 1 N–H and O–H groups in total. The lowest BCUT2D eigenvalue weighted by Gasteiger charge is -2.34. The Bertz CT molecular complexity index is 927. The molecule has 4 rings (SSSR count). The van der Waals surface area contributed by atoms with E-state index in [0.717, 1.165) is 25.2 Å². The maximum absolute atomic E-state index is 12.7. The highest BCUT2D eigenvalue weighted by atomic mass is 16.5. The number of amides is 3. The maximum atomic E-state index is 12.7. The number of ether oxygens (including phenoxy) is 2. The molecule has 1 aromatic heterocycles. The standard InChI is InChI=1S/C23H29N3O5/c1-16-13-21(17(2)31-16)22(27)25-8-10-26(11-9-25)23(28)24-18-5-3-6-19(14-18)30-15-20-7-4-12-29-20/h3,5-6,13-14,20H,4,7-12,15H2,1-2H3,(H,24,28)/t20-/m1/s1. The van der Waals surface area contributed by atoms with Gasteiger partial charge in [-0.15, -0.1) is 0 Å². The minimum absolute atomic E-state index is 0.0505. The van der Waals surface area contributed by atoms with E-state index in [0.29, 0.717) is 55.5 Å². The topological polar surface area (TPSA) is 84.3 Å². The number of benzene rings is 1. The van der Waals surface area contributed by atoms with E-state index in [4.69, 9.17) is 13.9 Å². The van der Waals surface area contributed by atoms with Crippen LogP contribution in [0.1, 0.15) is 34.7 Å². The van der Waals surface area contributed by atoms with E-state index in [1.807, 2.05) is 31.2 Å². The normalized spacial score (nSPS) is 18.8. The molecule has 2 saturated heterocycles. The highest BCUT2D eigenvalue weighted by Crippen LogP contribution is 2.21. The molecule has 8 heteroatoms. The summed E-state index contributed by atoms with van der Waals surface area (Å²) in [5.74, 6) is 2.00. The SMILES string of the molecule is Cc1cc(C(=O)N2CCN(C(=O)Nc3cccc(OC[C@H]4CCCO4)c3)CC2)c(C)o1. The molecule has 0 radical (unpaired) electrons. The number of nitrogens with one attached hydrogen (secondary N) is 1. The fourth-order valence-electron chi connectivity index (χ4n) is 3.96. The van der Waals surface area contributed by atoms with Gasteiger partial charge < -0.3 is 29.0 Å². The summed E-state index contributed by atoms with van der Waals surface area (Å²) in [5.41, 5.74) is 1.27. The molecule has 0 aliphatic carbocycles. The van der Waals surface area contributed by atoms with Gasteiger partial charge in [-0.2, -0.15) is 0 Å². The van der Waals surface area contributed by atoms with Crippen molar-refractivity contribution >= 4 is 17.6 Å². The predicted octanol–water partition coefficient (Wildman–Crippen LogP) is 3.44. The van der Waals surface area contributed by atoms with Crippen molar-refractivity contribution in [2.24, 2.45) is 0 Å². The van der Waals surface area contributed by atoms with Crippen molar-refractivity contribution < 1.29 is 23.5 Å². The first kappa shape index (κ1) is 21.2. The fraction of sp³-hybridized carbons (Fsp3) is 0.478. The minimum atomic E-state index is -0.182. The van der Waals surface area contributed by atoms with Gasteiger partial charge >= 0.3 is 6.03 Å². The highest BCUT2D eigenvalue weighted by molar-refractivity contribution is 5.95. The summed E-state index contributed by atoms with van der Waals surface area (Å²) in [4.78, 5) is 28.9. The van der Waals surface area contributed by atoms with E-state index in [1.165, 1.54) is 0 Å². The number of carbonyl (C=O) groups excluding carboxylic acids is 2. The van der Waals surface area contributed by atoms with Crippen molar-refractivity contribution in [1.82, 2.24) is 9.80 Å². The Morgan fingerprint density at radius 3 is 2.58 bits per heavy atom. The van der Waals surface area contributed by atoms with Crippen LogP contribution >= 0.6 is 0 Å². The lowest BCUT2D eigenvalue weighted by molar-refractivity contribution is 0.0670. The van der Waals surface area contributed by atoms with Crippen molar-refractivity contribution in [3.63, 3.8) is 0 Å². The average molecular weight is 428 g/mol. The fourth-order valence-corrected chi connectivity index (χ4v) is 3.96. The quantitative estimate of drug-likeness (QED) is 0.790. The monoisotopic (exact) mass is 427 g/mol. The zero-order valence-corrected chi connectivity index (χ0v) is 18.1. The molecule has 1 aromatic carbocycles. The molecular weight excluding hydrogens is 398 g/mol. The third-order valence-corrected chi connectivity index (χ3v) is 5.67. The minimum Gasteiger partial charge on any atom is -0.491 e. The zero-order chi connectivity index (χ0) is 21.8. The summed E-state index contributed by atoms with van der Waals surface area (Å²) in [6.45, 7) is 6.86. The molecule has 3 amide bonds. The number of aryl methyl sites for hydroxylation is 2. The summed E-state index contributed by atoms with van der Waals surface area (Å²) in [6, 6.07) is 8.96. The largest absolute Gasteiger partial charge is 0.491 e. The molecule has 0 bridgehead atoms. The van der Waals surface area contributed by atoms with Crippen molar-refractivity contribution in [3.8, 4) is 5.75 Å². The summed E-state index contributed by atoms with van der Waals surface area (Å²) in [7, 11) is 0. The average Bonchev–Trinajstić information content (AvgIpc) is 3.41. The van der Waals surface area contributed by atoms with Gasteiger partial charge in [0, 0.05) is 44.5 Å². The van der Waals surface area contributed by atoms with Gasteiger partial charge in [0.1, 0.15) is 23.9 Å². The molecule has 0 saturated carbocycles. The first-order valence-corrected chi connectivity index (χ1v) is 10.8. The molecule has 0 unspecified atom stereocenters. The van der Waals surface area contributed by atoms with Crippen LogP contribution in [0.5, 0.6) is 5.75 Å². The van der Waals surface area contributed by atoms with Gasteiger partial charge in [0.2, 0.25) is 0 Å². The summed E-state index contributed by atoms with van der Waals surface area (Å²) in [5, 5.41) is 2.93. The molecule has 2 aliphatic heterocycles. The molecule has 2 aliphatic rings. The number of nitrogens with zero attached hydrogens (tertiary/aromatic N) is 2. The number of furan rings is 1. The van der Waals surface area contributed by atoms with E-state index in [9.17, 15) is 9.59 Å². The van der Waals surface area contributed by atoms with Crippen LogP contribution in [0.25, 0.3) is 0 Å². The van der Waals surface area contributed by atoms with E-state index >= 15 is 0 Å². The second kappa shape index (κ2) is 9.43. The Kier molecular flexibility index (Phi) is 6.46. The van der Waals surface area contributed by atoms with Crippen LogP contribution in [0.3, 0.4) is 0 Å². The number of piperazine rings is 1. The summed E-state index contributed by atoms with van der Waals surface area (Å²) >= 11 is 0. The number of urea groups is 1.